The Morgan fingerprint density at radius 3 is 1.74 bits per heavy atom. The fourth-order valence-electron chi connectivity index (χ4n) is 9.50. The van der Waals surface area contributed by atoms with Crippen molar-refractivity contribution in [3.8, 4) is 11.5 Å². The van der Waals surface area contributed by atoms with Crippen LogP contribution in [0.3, 0.4) is 0 Å². The van der Waals surface area contributed by atoms with Crippen molar-refractivity contribution >= 4 is 92.1 Å². The number of carbonyl (C=O) groups is 10. The maximum Gasteiger partial charge on any atom is 0.248 e. The van der Waals surface area contributed by atoms with Gasteiger partial charge in [-0.3, -0.25) is 47.9 Å². The van der Waals surface area contributed by atoms with Gasteiger partial charge in [-0.05, 0) is 135 Å². The quantitative estimate of drug-likeness (QED) is 0.0354. The van der Waals surface area contributed by atoms with E-state index in [-0.39, 0.29) is 85.7 Å². The Balaban J connectivity index is 1.62. The number of Topliss-reactive ketones (excluding diaryl/α,β-unsaturated/α-hetero) is 1. The summed E-state index contributed by atoms with van der Waals surface area (Å²) in [4.78, 5) is 142. The molecule has 23 nitrogen and oxygen atoms in total. The number of phenols is 2. The summed E-state index contributed by atoms with van der Waals surface area (Å²) < 4.78 is 0. The number of aromatic hydroxyl groups is 2. The molecule has 9 amide bonds. The Kier molecular flexibility index (Phi) is 28.0. The second-order valence-corrected chi connectivity index (χ2v) is 26.0. The Labute approximate surface area is 524 Å². The molecule has 1 aliphatic rings. The minimum absolute atomic E-state index is 0.00626. The molecule has 1 aliphatic heterocycles. The zero-order chi connectivity index (χ0) is 64.7. The first-order chi connectivity index (χ1) is 41.7. The molecule has 0 aliphatic carbocycles. The largest absolute Gasteiger partial charge is 0.508 e. The third-order valence-electron chi connectivity index (χ3n) is 14.3. The second kappa shape index (κ2) is 34.7. The number of hydrogen-bond acceptors (Lipinski definition) is 16. The molecule has 0 bridgehead atoms. The zero-order valence-corrected chi connectivity index (χ0v) is 52.3. The van der Waals surface area contributed by atoms with E-state index in [1.807, 2.05) is 20.8 Å². The van der Waals surface area contributed by atoms with Gasteiger partial charge in [-0.15, -0.1) is 0 Å². The lowest BCUT2D eigenvalue weighted by Gasteiger charge is -2.29. The molecule has 4 aromatic carbocycles. The van der Waals surface area contributed by atoms with E-state index in [4.69, 9.17) is 23.1 Å². The number of ketones is 1. The zero-order valence-electron chi connectivity index (χ0n) is 49.9. The molecular weight excluding hydrogens is 1190 g/mol. The van der Waals surface area contributed by atoms with Gasteiger partial charge < -0.3 is 69.3 Å². The number of aliphatic hydroxyl groups excluding tert-OH is 1. The van der Waals surface area contributed by atoms with Crippen molar-refractivity contribution in [2.75, 3.05) is 25.1 Å². The van der Waals surface area contributed by atoms with Crippen LogP contribution >= 0.6 is 33.2 Å². The van der Waals surface area contributed by atoms with E-state index in [0.717, 1.165) is 21.6 Å². The number of unbranched alkanes of at least 4 members (excludes halogenated alkanes) is 1. The number of rotatable bonds is 24. The maximum absolute atomic E-state index is 15.1. The van der Waals surface area contributed by atoms with E-state index in [1.165, 1.54) is 67.6 Å². The van der Waals surface area contributed by atoms with Gasteiger partial charge in [0.1, 0.15) is 59.6 Å². The van der Waals surface area contributed by atoms with Crippen LogP contribution in [0.2, 0.25) is 5.02 Å². The van der Waals surface area contributed by atoms with Crippen LogP contribution in [0.15, 0.2) is 97.1 Å². The van der Waals surface area contributed by atoms with Gasteiger partial charge in [0, 0.05) is 53.7 Å². The molecule has 0 aromatic heterocycles. The van der Waals surface area contributed by atoms with Gasteiger partial charge in [-0.2, -0.15) is 0 Å². The highest BCUT2D eigenvalue weighted by atomic mass is 35.5. The summed E-state index contributed by atoms with van der Waals surface area (Å²) in [5, 5.41) is 53.4. The van der Waals surface area contributed by atoms with Crippen molar-refractivity contribution in [1.29, 1.82) is 0 Å². The molecular formula is C62H81ClN10O13S2. The molecule has 88 heavy (non-hydrogen) atoms. The summed E-state index contributed by atoms with van der Waals surface area (Å²) in [6.45, 7) is 7.39. The SMILES string of the molecule is CNCCCC[C@@H]1NC(=O)[C@@H](Cc2ccc(C(N)=O)cc2)NC(=O)[C@H](Cc2ccc(O)cc2)NC(=O)[C@H](NC(=O)[C@@H](CC(=O)CC(C)(C)C)Cc2ccc(Cl)cc2)CSSC[C@@H](C(=O)N[C@H](CCc2ccc(O)cc2)C(N)=O)NC(=O)[C@H]([C@@H](C)O)NC1=O. The van der Waals surface area contributed by atoms with Crippen molar-refractivity contribution in [3.63, 3.8) is 0 Å². The molecule has 15 N–H and O–H groups in total. The number of hydrogen-bond donors (Lipinski definition) is 13. The molecule has 0 radical (unpaired) electrons. The molecule has 4 aromatic rings. The van der Waals surface area contributed by atoms with Gasteiger partial charge in [0.15, 0.2) is 0 Å². The van der Waals surface area contributed by atoms with Crippen molar-refractivity contribution in [2.45, 2.75) is 140 Å². The minimum Gasteiger partial charge on any atom is -0.508 e. The van der Waals surface area contributed by atoms with Crippen LogP contribution in [0.4, 0.5) is 0 Å². The lowest BCUT2D eigenvalue weighted by Crippen LogP contribution is -2.62. The molecule has 476 valence electrons. The Morgan fingerprint density at radius 2 is 1.19 bits per heavy atom. The number of benzene rings is 4. The molecule has 1 saturated heterocycles. The standard InChI is InChI=1S/C62H81ClN10O13S2/c1-35(74)52-61(86)72-51(59(84)67-46(54(65)79)26-17-36-13-22-43(75)23-14-36)34-88-87-33-50(71-55(80)41(31-45(77)32-62(2,3)4)28-37-11-20-42(63)21-12-37)60(85)70-49(30-39-15-24-44(76)25-16-39)58(83)69-48(29-38-9-18-40(19-10-38)53(64)78)57(82)68-47(56(81)73-52)8-6-7-27-66-5/h9-16,18-25,35,41,46-52,66,74-76H,6-8,17,26-34H2,1-5H3,(H2,64,78)(H2,65,79)(H,67,84)(H,68,82)(H,69,83)(H,70,85)(H,71,80)(H,72,86)(H,73,81)/t35-,41-,46-,47+,48-,49+,50-,51+,52+/m1/s1. The van der Waals surface area contributed by atoms with Crippen LogP contribution in [-0.4, -0.2) is 148 Å². The minimum atomic E-state index is -1.76. The van der Waals surface area contributed by atoms with Crippen LogP contribution in [-0.2, 0) is 68.8 Å². The first-order valence-corrected chi connectivity index (χ1v) is 31.7. The number of aryl methyl sites for hydroxylation is 1. The summed E-state index contributed by atoms with van der Waals surface area (Å²) in [5.74, 6) is -9.85. The monoisotopic (exact) mass is 1270 g/mol. The second-order valence-electron chi connectivity index (χ2n) is 23.0. The topological polar surface area (TPSA) is 380 Å². The number of carbonyl (C=O) groups excluding carboxylic acids is 10. The van der Waals surface area contributed by atoms with Crippen LogP contribution in [0.1, 0.15) is 98.8 Å². The lowest BCUT2D eigenvalue weighted by molar-refractivity contribution is -0.137. The third-order valence-corrected chi connectivity index (χ3v) is 17.0. The number of primary amides is 2. The van der Waals surface area contributed by atoms with E-state index in [9.17, 15) is 58.5 Å². The molecule has 1 heterocycles. The lowest BCUT2D eigenvalue weighted by atomic mass is 9.85. The molecule has 0 unspecified atom stereocenters. The summed E-state index contributed by atoms with van der Waals surface area (Å²) >= 11 is 6.21. The fraction of sp³-hybridized carbons (Fsp3) is 0.452. The molecule has 1 fully saturated rings. The van der Waals surface area contributed by atoms with E-state index < -0.39 is 113 Å². The molecule has 5 rings (SSSR count). The fourth-order valence-corrected chi connectivity index (χ4v) is 12.0. The number of halogens is 1. The maximum atomic E-state index is 15.1. The summed E-state index contributed by atoms with van der Waals surface area (Å²) in [6, 6.07) is 13.9. The highest BCUT2D eigenvalue weighted by Gasteiger charge is 2.37. The van der Waals surface area contributed by atoms with Crippen LogP contribution in [0, 0.1) is 11.3 Å². The number of nitrogens with two attached hydrogens (primary N) is 2. The first kappa shape index (κ1) is 71.0. The molecule has 0 spiro atoms. The van der Waals surface area contributed by atoms with Crippen molar-refractivity contribution in [1.82, 2.24) is 42.5 Å². The average Bonchev–Trinajstić information content (AvgIpc) is 3.68. The Hall–Kier alpha value is -7.71. The molecule has 9 atom stereocenters. The third kappa shape index (κ3) is 24.1. The van der Waals surface area contributed by atoms with E-state index >= 15 is 4.79 Å². The van der Waals surface area contributed by atoms with Gasteiger partial charge in [-0.25, -0.2) is 0 Å². The van der Waals surface area contributed by atoms with Crippen LogP contribution in [0.25, 0.3) is 0 Å². The van der Waals surface area contributed by atoms with Crippen molar-refractivity contribution in [3.05, 3.63) is 130 Å². The number of nitrogens with one attached hydrogen (secondary N) is 8. The van der Waals surface area contributed by atoms with Gasteiger partial charge >= 0.3 is 0 Å². The summed E-state index contributed by atoms with van der Waals surface area (Å²) in [7, 11) is 3.65. The van der Waals surface area contributed by atoms with E-state index in [0.29, 0.717) is 46.7 Å². The predicted octanol–water partition coefficient (Wildman–Crippen LogP) is 2.57. The van der Waals surface area contributed by atoms with E-state index in [1.54, 1.807) is 43.4 Å². The summed E-state index contributed by atoms with van der Waals surface area (Å²) in [5.41, 5.74) is 13.3. The Bertz CT molecular complexity index is 3040. The number of amides is 9. The smallest absolute Gasteiger partial charge is 0.248 e. The highest BCUT2D eigenvalue weighted by molar-refractivity contribution is 8.76. The average molecular weight is 1270 g/mol. The normalized spacial score (nSPS) is 20.3. The van der Waals surface area contributed by atoms with Crippen LogP contribution in [0.5, 0.6) is 11.5 Å². The van der Waals surface area contributed by atoms with Crippen LogP contribution < -0.4 is 54.0 Å². The molecule has 0 saturated carbocycles. The predicted molar refractivity (Wildman–Crippen MR) is 336 cm³/mol. The van der Waals surface area contributed by atoms with Gasteiger partial charge in [0.2, 0.25) is 53.2 Å². The Morgan fingerprint density at radius 1 is 0.670 bits per heavy atom. The van der Waals surface area contributed by atoms with Gasteiger partial charge in [-0.1, -0.05) is 102 Å². The summed E-state index contributed by atoms with van der Waals surface area (Å²) in [6.07, 6.45) is -1.08. The number of phenolic OH excluding ortho intramolecular Hbond substituents is 2. The number of aliphatic hydroxyl groups is 1. The molecule has 26 heteroatoms. The van der Waals surface area contributed by atoms with E-state index in [2.05, 4.69) is 42.5 Å². The first-order valence-electron chi connectivity index (χ1n) is 28.9. The van der Waals surface area contributed by atoms with Crippen molar-refractivity contribution in [2.24, 2.45) is 22.8 Å². The highest BCUT2D eigenvalue weighted by Crippen LogP contribution is 2.27. The van der Waals surface area contributed by atoms with Gasteiger partial charge in [0.25, 0.3) is 0 Å². The van der Waals surface area contributed by atoms with Crippen molar-refractivity contribution < 1.29 is 63.3 Å². The van der Waals surface area contributed by atoms with Gasteiger partial charge in [0.05, 0.1) is 6.10 Å².